The van der Waals surface area contributed by atoms with Gasteiger partial charge in [0, 0.05) is 19.5 Å². The van der Waals surface area contributed by atoms with Gasteiger partial charge in [0.15, 0.2) is 0 Å². The number of hydrogen-bond donors (Lipinski definition) is 1. The Hall–Kier alpha value is 0.430. The van der Waals surface area contributed by atoms with Crippen molar-refractivity contribution < 1.29 is 9.90 Å². The predicted octanol–water partition coefficient (Wildman–Crippen LogP) is -1.05. The van der Waals surface area contributed by atoms with Crippen LogP contribution in [0.25, 0.3) is 0 Å². The Bertz CT molecular complexity index is 118. The Morgan fingerprint density at radius 1 is 1.60 bits per heavy atom. The zero-order valence-electron chi connectivity index (χ0n) is 5.34. The van der Waals surface area contributed by atoms with Crippen molar-refractivity contribution in [2.24, 2.45) is 0 Å². The molecule has 0 spiro atoms. The molecule has 1 amide bonds. The first-order valence-corrected chi connectivity index (χ1v) is 3.23. The van der Waals surface area contributed by atoms with E-state index in [0.29, 0.717) is 13.0 Å². The molecule has 0 radical (unpaired) electrons. The van der Waals surface area contributed by atoms with Gasteiger partial charge in [0.2, 0.25) is 5.91 Å². The summed E-state index contributed by atoms with van der Waals surface area (Å²) < 4.78 is 0. The Kier molecular flexibility index (Phi) is 5.35. The number of rotatable bonds is 2. The standard InChI is InChI=1S/C6H11NO2.Na.H/c8-5-4-7-3-1-2-6(7)9;;/h8H,1-5H2;;. The van der Waals surface area contributed by atoms with E-state index >= 15 is 0 Å². The molecule has 0 saturated carbocycles. The molecule has 1 heterocycles. The Morgan fingerprint density at radius 3 is 2.70 bits per heavy atom. The maximum absolute atomic E-state index is 10.8. The third kappa shape index (κ3) is 2.58. The van der Waals surface area contributed by atoms with E-state index in [9.17, 15) is 4.79 Å². The molecule has 0 aliphatic carbocycles. The average molecular weight is 153 g/mol. The van der Waals surface area contributed by atoms with Crippen LogP contribution >= 0.6 is 0 Å². The fourth-order valence-electron chi connectivity index (χ4n) is 1.06. The number of amides is 1. The topological polar surface area (TPSA) is 40.5 Å². The summed E-state index contributed by atoms with van der Waals surface area (Å²) in [7, 11) is 0. The van der Waals surface area contributed by atoms with E-state index < -0.39 is 0 Å². The summed E-state index contributed by atoms with van der Waals surface area (Å²) >= 11 is 0. The Labute approximate surface area is 82.7 Å². The van der Waals surface area contributed by atoms with Crippen LogP contribution in [-0.2, 0) is 4.79 Å². The van der Waals surface area contributed by atoms with Gasteiger partial charge in [0.25, 0.3) is 0 Å². The first kappa shape index (κ1) is 10.4. The van der Waals surface area contributed by atoms with Gasteiger partial charge in [-0.1, -0.05) is 0 Å². The molecule has 0 aromatic heterocycles. The van der Waals surface area contributed by atoms with Gasteiger partial charge in [-0.05, 0) is 6.42 Å². The summed E-state index contributed by atoms with van der Waals surface area (Å²) in [6, 6.07) is 0. The van der Waals surface area contributed by atoms with E-state index in [-0.39, 0.29) is 42.1 Å². The van der Waals surface area contributed by atoms with Crippen LogP contribution < -0.4 is 0 Å². The van der Waals surface area contributed by atoms with E-state index in [2.05, 4.69) is 0 Å². The summed E-state index contributed by atoms with van der Waals surface area (Å²) in [4.78, 5) is 12.5. The van der Waals surface area contributed by atoms with Crippen molar-refractivity contribution in [1.82, 2.24) is 4.90 Å². The molecule has 0 aromatic carbocycles. The third-order valence-electron chi connectivity index (χ3n) is 1.54. The van der Waals surface area contributed by atoms with Crippen molar-refractivity contribution in [3.05, 3.63) is 0 Å². The van der Waals surface area contributed by atoms with Gasteiger partial charge in [0.05, 0.1) is 6.61 Å². The number of likely N-dealkylation sites (tertiary alicyclic amines) is 1. The predicted molar refractivity (Wildman–Crippen MR) is 40.0 cm³/mol. The van der Waals surface area contributed by atoms with Crippen molar-refractivity contribution in [3.8, 4) is 0 Å². The van der Waals surface area contributed by atoms with Crippen LogP contribution in [0.2, 0.25) is 0 Å². The molecule has 1 saturated heterocycles. The molecule has 0 unspecified atom stereocenters. The van der Waals surface area contributed by atoms with E-state index in [1.165, 1.54) is 0 Å². The van der Waals surface area contributed by atoms with Crippen LogP contribution in [-0.4, -0.2) is 65.2 Å². The van der Waals surface area contributed by atoms with Crippen molar-refractivity contribution in [3.63, 3.8) is 0 Å². The molecule has 1 aliphatic rings. The first-order chi connectivity index (χ1) is 4.34. The normalized spacial score (nSPS) is 17.3. The molecule has 0 aromatic rings. The third-order valence-corrected chi connectivity index (χ3v) is 1.54. The second-order valence-electron chi connectivity index (χ2n) is 2.21. The zero-order valence-corrected chi connectivity index (χ0v) is 5.34. The van der Waals surface area contributed by atoms with Gasteiger partial charge in [-0.25, -0.2) is 0 Å². The summed E-state index contributed by atoms with van der Waals surface area (Å²) in [6.07, 6.45) is 1.62. The van der Waals surface area contributed by atoms with Gasteiger partial charge in [0.1, 0.15) is 0 Å². The van der Waals surface area contributed by atoms with Crippen LogP contribution in [0.15, 0.2) is 0 Å². The fraction of sp³-hybridized carbons (Fsp3) is 0.833. The Morgan fingerprint density at radius 2 is 2.30 bits per heavy atom. The second-order valence-corrected chi connectivity index (χ2v) is 2.21. The molecule has 1 N–H and O–H groups in total. The van der Waals surface area contributed by atoms with E-state index in [4.69, 9.17) is 5.11 Å². The molecular weight excluding hydrogens is 141 g/mol. The molecule has 0 atom stereocenters. The maximum atomic E-state index is 10.8. The van der Waals surface area contributed by atoms with Gasteiger partial charge >= 0.3 is 29.6 Å². The van der Waals surface area contributed by atoms with Crippen molar-refractivity contribution in [1.29, 1.82) is 0 Å². The van der Waals surface area contributed by atoms with Crippen LogP contribution in [0.1, 0.15) is 12.8 Å². The number of aliphatic hydroxyl groups excluding tert-OH is 1. The van der Waals surface area contributed by atoms with E-state index in [1.807, 2.05) is 0 Å². The monoisotopic (exact) mass is 153 g/mol. The van der Waals surface area contributed by atoms with Crippen molar-refractivity contribution in [2.75, 3.05) is 19.7 Å². The van der Waals surface area contributed by atoms with E-state index in [0.717, 1.165) is 13.0 Å². The van der Waals surface area contributed by atoms with Crippen LogP contribution in [0.5, 0.6) is 0 Å². The number of carbonyl (C=O) groups excluding carboxylic acids is 1. The Balaban J connectivity index is 0.000000810. The average Bonchev–Trinajstić information content (AvgIpc) is 2.18. The van der Waals surface area contributed by atoms with Crippen molar-refractivity contribution >= 4 is 35.5 Å². The van der Waals surface area contributed by atoms with Crippen LogP contribution in [0.3, 0.4) is 0 Å². The summed E-state index contributed by atoms with van der Waals surface area (Å²) in [5.41, 5.74) is 0. The molecule has 10 heavy (non-hydrogen) atoms. The fourth-order valence-corrected chi connectivity index (χ4v) is 1.06. The molecule has 4 heteroatoms. The molecule has 1 rings (SSSR count). The van der Waals surface area contributed by atoms with Gasteiger partial charge in [-0.15, -0.1) is 0 Å². The van der Waals surface area contributed by atoms with Gasteiger partial charge < -0.3 is 10.0 Å². The molecule has 3 nitrogen and oxygen atoms in total. The number of β-amino-alcohol motifs (C(OH)–C–C–N with tert-alkyl or cyclic N) is 1. The number of carbonyl (C=O) groups is 1. The minimum absolute atomic E-state index is 0. The molecule has 1 aliphatic heterocycles. The zero-order chi connectivity index (χ0) is 6.69. The summed E-state index contributed by atoms with van der Waals surface area (Å²) in [6.45, 7) is 1.43. The van der Waals surface area contributed by atoms with Gasteiger partial charge in [-0.2, -0.15) is 0 Å². The number of nitrogens with zero attached hydrogens (tertiary/aromatic N) is 1. The van der Waals surface area contributed by atoms with Crippen LogP contribution in [0, 0.1) is 0 Å². The molecular formula is C6H12NNaO2. The van der Waals surface area contributed by atoms with Crippen LogP contribution in [0.4, 0.5) is 0 Å². The summed E-state index contributed by atoms with van der Waals surface area (Å²) in [5.74, 6) is 0.184. The quantitative estimate of drug-likeness (QED) is 0.514. The minimum atomic E-state index is 0. The van der Waals surface area contributed by atoms with Crippen molar-refractivity contribution in [2.45, 2.75) is 12.8 Å². The first-order valence-electron chi connectivity index (χ1n) is 3.23. The molecule has 1 fully saturated rings. The van der Waals surface area contributed by atoms with Gasteiger partial charge in [-0.3, -0.25) is 4.79 Å². The number of aliphatic hydroxyl groups is 1. The summed E-state index contributed by atoms with van der Waals surface area (Å²) in [5, 5.41) is 8.45. The molecule has 54 valence electrons. The molecule has 0 bridgehead atoms. The van der Waals surface area contributed by atoms with E-state index in [1.54, 1.807) is 4.90 Å². The number of hydrogen-bond acceptors (Lipinski definition) is 2. The second kappa shape index (κ2) is 5.13. The SMILES string of the molecule is O=C1CCCN1CCO.[NaH].